The minimum atomic E-state index is -1.68. The van der Waals surface area contributed by atoms with E-state index >= 15 is 0 Å². The Hall–Kier alpha value is -0.440. The third kappa shape index (κ3) is 4.35. The maximum atomic E-state index is 9.94. The molecule has 9 atom stereocenters. The third-order valence-electron chi connectivity index (χ3n) is 3.85. The first kappa shape index (κ1) is 20.6. The maximum absolute atomic E-state index is 9.94. The summed E-state index contributed by atoms with van der Waals surface area (Å²) in [5, 5.41) is 66.7. The molecule has 11 heteroatoms. The normalized spacial score (nSPS) is 47.9. The van der Waals surface area contributed by atoms with Crippen molar-refractivity contribution in [3.8, 4) is 0 Å². The van der Waals surface area contributed by atoms with E-state index in [0.717, 1.165) is 0 Å². The Morgan fingerprint density at radius 3 is 2.00 bits per heavy atom. The van der Waals surface area contributed by atoms with Crippen molar-refractivity contribution in [1.82, 2.24) is 0 Å². The number of ether oxygens (including phenoxy) is 3. The van der Waals surface area contributed by atoms with Crippen LogP contribution in [0.15, 0.2) is 0 Å². The molecule has 2 rings (SSSR count). The van der Waals surface area contributed by atoms with Gasteiger partial charge in [0.2, 0.25) is 0 Å². The van der Waals surface area contributed by atoms with Crippen molar-refractivity contribution in [1.29, 1.82) is 0 Å². The van der Waals surface area contributed by atoms with E-state index in [-0.39, 0.29) is 11.9 Å². The fraction of sp³-hybridized carbons (Fsp3) is 1.00. The Kier molecular flexibility index (Phi) is 7.70. The second kappa shape index (κ2) is 8.60. The van der Waals surface area contributed by atoms with E-state index in [0.29, 0.717) is 0 Å². The number of aliphatic hydroxyl groups excluding tert-OH is 7. The Balaban J connectivity index is 0.00000264. The molecule has 11 nitrogen and oxygen atoms in total. The molecule has 0 amide bonds. The van der Waals surface area contributed by atoms with E-state index in [9.17, 15) is 30.6 Å². The van der Waals surface area contributed by atoms with Crippen molar-refractivity contribution in [3.63, 3.8) is 0 Å². The zero-order valence-electron chi connectivity index (χ0n) is 12.2. The van der Waals surface area contributed by atoms with Gasteiger partial charge in [-0.3, -0.25) is 0 Å². The van der Waals surface area contributed by atoms with Gasteiger partial charge in [-0.15, -0.1) is 0 Å². The highest BCUT2D eigenvalue weighted by atomic mass is 16.7. The average Bonchev–Trinajstić information content (AvgIpc) is 2.49. The summed E-state index contributed by atoms with van der Waals surface area (Å²) in [7, 11) is 0. The second-order valence-corrected chi connectivity index (χ2v) is 5.43. The molecule has 0 saturated carbocycles. The van der Waals surface area contributed by atoms with Crippen LogP contribution in [0.2, 0.25) is 0 Å². The van der Waals surface area contributed by atoms with Gasteiger partial charge in [0, 0.05) is 6.42 Å². The summed E-state index contributed by atoms with van der Waals surface area (Å²) in [6.45, 7) is -1.11. The van der Waals surface area contributed by atoms with E-state index in [1.54, 1.807) is 0 Å². The number of rotatable bonds is 4. The van der Waals surface area contributed by atoms with Crippen molar-refractivity contribution in [2.45, 2.75) is 61.7 Å². The summed E-state index contributed by atoms with van der Waals surface area (Å²) in [5.41, 5.74) is 0. The first-order valence-electron chi connectivity index (χ1n) is 6.97. The van der Waals surface area contributed by atoms with Crippen LogP contribution in [0.3, 0.4) is 0 Å². The molecule has 0 radical (unpaired) electrons. The maximum Gasteiger partial charge on any atom is 0.184 e. The minimum absolute atomic E-state index is 0. The highest BCUT2D eigenvalue weighted by Crippen LogP contribution is 2.28. The van der Waals surface area contributed by atoms with Crippen molar-refractivity contribution < 1.29 is 55.4 Å². The zero-order chi connectivity index (χ0) is 16.4. The highest BCUT2D eigenvalue weighted by Gasteiger charge is 2.47. The Labute approximate surface area is 131 Å². The van der Waals surface area contributed by atoms with Gasteiger partial charge in [-0.05, 0) is 0 Å². The first-order chi connectivity index (χ1) is 10.4. The average molecular weight is 344 g/mol. The molecule has 2 saturated heterocycles. The lowest BCUT2D eigenvalue weighted by atomic mass is 9.98. The molecule has 0 aromatic heterocycles. The van der Waals surface area contributed by atoms with Gasteiger partial charge in [-0.25, -0.2) is 0 Å². The van der Waals surface area contributed by atoms with Gasteiger partial charge in [-0.2, -0.15) is 0 Å². The van der Waals surface area contributed by atoms with E-state index in [1.165, 1.54) is 0 Å². The fourth-order valence-corrected chi connectivity index (χ4v) is 2.54. The van der Waals surface area contributed by atoms with Crippen LogP contribution >= 0.6 is 0 Å². The molecule has 138 valence electrons. The van der Waals surface area contributed by atoms with Crippen LogP contribution in [0.1, 0.15) is 6.42 Å². The molecule has 23 heavy (non-hydrogen) atoms. The van der Waals surface area contributed by atoms with Crippen LogP contribution in [0.5, 0.6) is 0 Å². The molecule has 0 aromatic carbocycles. The van der Waals surface area contributed by atoms with E-state index in [4.69, 9.17) is 19.3 Å². The van der Waals surface area contributed by atoms with Gasteiger partial charge < -0.3 is 55.4 Å². The molecule has 2 aliphatic rings. The van der Waals surface area contributed by atoms with Gasteiger partial charge in [0.05, 0.1) is 19.3 Å². The minimum Gasteiger partial charge on any atom is -0.412 e. The third-order valence-corrected chi connectivity index (χ3v) is 3.85. The second-order valence-electron chi connectivity index (χ2n) is 5.43. The molecular weight excluding hydrogens is 320 g/mol. The monoisotopic (exact) mass is 344 g/mol. The summed E-state index contributed by atoms with van der Waals surface area (Å²) < 4.78 is 15.5. The van der Waals surface area contributed by atoms with E-state index in [2.05, 4.69) is 0 Å². The van der Waals surface area contributed by atoms with Crippen molar-refractivity contribution >= 4 is 0 Å². The first-order valence-corrected chi connectivity index (χ1v) is 6.97. The van der Waals surface area contributed by atoms with Crippen molar-refractivity contribution in [2.24, 2.45) is 0 Å². The van der Waals surface area contributed by atoms with Crippen LogP contribution in [0.4, 0.5) is 0 Å². The van der Waals surface area contributed by atoms with Crippen LogP contribution in [-0.4, -0.2) is 110 Å². The predicted molar refractivity (Wildman–Crippen MR) is 70.8 cm³/mol. The molecular formula is C12H24O11. The lowest BCUT2D eigenvalue weighted by molar-refractivity contribution is -0.343. The van der Waals surface area contributed by atoms with Crippen molar-refractivity contribution in [3.05, 3.63) is 0 Å². The van der Waals surface area contributed by atoms with Crippen LogP contribution < -0.4 is 0 Å². The SMILES string of the molecule is O.OCC1OC(OC2C(CO)OC(O)C(O)C2O)C(O)CC1O. The van der Waals surface area contributed by atoms with Gasteiger partial charge in [0.1, 0.15) is 36.6 Å². The largest absolute Gasteiger partial charge is 0.412 e. The summed E-state index contributed by atoms with van der Waals surface area (Å²) in [5.74, 6) is 0. The van der Waals surface area contributed by atoms with Gasteiger partial charge in [-0.1, -0.05) is 0 Å². The fourth-order valence-electron chi connectivity index (χ4n) is 2.54. The Morgan fingerprint density at radius 2 is 1.43 bits per heavy atom. The lowest BCUT2D eigenvalue weighted by Crippen LogP contribution is -2.62. The molecule has 0 aliphatic carbocycles. The predicted octanol–water partition coefficient (Wildman–Crippen LogP) is -5.19. The topological polar surface area (TPSA) is 201 Å². The lowest BCUT2D eigenvalue weighted by Gasteiger charge is -2.44. The summed E-state index contributed by atoms with van der Waals surface area (Å²) in [4.78, 5) is 0. The van der Waals surface area contributed by atoms with Gasteiger partial charge in [0.15, 0.2) is 12.6 Å². The number of hydrogen-bond acceptors (Lipinski definition) is 10. The molecule has 9 unspecified atom stereocenters. The van der Waals surface area contributed by atoms with E-state index < -0.39 is 68.5 Å². The highest BCUT2D eigenvalue weighted by molar-refractivity contribution is 4.91. The van der Waals surface area contributed by atoms with Gasteiger partial charge >= 0.3 is 0 Å². The molecule has 2 fully saturated rings. The molecule has 2 aliphatic heterocycles. The Morgan fingerprint density at radius 1 is 0.826 bits per heavy atom. The standard InChI is InChI=1S/C12H22O10.H2O/c13-2-6-4(15)1-5(16)12(21-6)22-10-7(3-14)20-11(19)9(18)8(10)17;/h4-19H,1-3H2;1H2. The van der Waals surface area contributed by atoms with Crippen molar-refractivity contribution in [2.75, 3.05) is 13.2 Å². The number of aliphatic hydroxyl groups is 7. The quantitative estimate of drug-likeness (QED) is 0.258. The summed E-state index contributed by atoms with van der Waals surface area (Å²) in [6.07, 6.45) is -12.1. The molecule has 2 heterocycles. The summed E-state index contributed by atoms with van der Waals surface area (Å²) in [6, 6.07) is 0. The molecule has 9 N–H and O–H groups in total. The van der Waals surface area contributed by atoms with Gasteiger partial charge in [0.25, 0.3) is 0 Å². The van der Waals surface area contributed by atoms with Crippen LogP contribution in [-0.2, 0) is 14.2 Å². The van der Waals surface area contributed by atoms with Crippen LogP contribution in [0, 0.1) is 0 Å². The molecule has 0 aromatic rings. The number of hydrogen-bond donors (Lipinski definition) is 7. The summed E-state index contributed by atoms with van der Waals surface area (Å²) >= 11 is 0. The van der Waals surface area contributed by atoms with E-state index in [1.807, 2.05) is 0 Å². The molecule has 0 spiro atoms. The van der Waals surface area contributed by atoms with Crippen LogP contribution in [0.25, 0.3) is 0 Å². The Bertz CT molecular complexity index is 354. The smallest absolute Gasteiger partial charge is 0.184 e. The zero-order valence-corrected chi connectivity index (χ0v) is 12.2. The molecule has 0 bridgehead atoms.